The summed E-state index contributed by atoms with van der Waals surface area (Å²) in [5.74, 6) is 0.462. The van der Waals surface area contributed by atoms with Crippen LogP contribution in [0.4, 0.5) is 4.79 Å². The summed E-state index contributed by atoms with van der Waals surface area (Å²) in [6, 6.07) is 5.22. The molecule has 1 aromatic rings. The summed E-state index contributed by atoms with van der Waals surface area (Å²) >= 11 is 5.97. The van der Waals surface area contributed by atoms with Crippen LogP contribution in [0.1, 0.15) is 18.4 Å². The fraction of sp³-hybridized carbons (Fsp3) is 0.429. The van der Waals surface area contributed by atoms with Crippen LogP contribution in [0.3, 0.4) is 0 Å². The maximum Gasteiger partial charge on any atom is 0.327 e. The van der Waals surface area contributed by atoms with Gasteiger partial charge in [-0.1, -0.05) is 11.6 Å². The minimum Gasteiger partial charge on any atom is -0.496 e. The van der Waals surface area contributed by atoms with Gasteiger partial charge in [0.25, 0.3) is 5.91 Å². The molecule has 3 amide bonds. The molecule has 0 aromatic heterocycles. The molecular weight excluding hydrogens is 280 g/mol. The lowest BCUT2D eigenvalue weighted by Gasteiger charge is -2.18. The second-order valence-electron chi connectivity index (χ2n) is 5.08. The van der Waals surface area contributed by atoms with Crippen LogP contribution in [-0.4, -0.2) is 41.4 Å². The van der Waals surface area contributed by atoms with Crippen molar-refractivity contribution < 1.29 is 14.3 Å². The van der Waals surface area contributed by atoms with Gasteiger partial charge in [0.1, 0.15) is 12.3 Å². The molecule has 0 unspecified atom stereocenters. The van der Waals surface area contributed by atoms with Crippen LogP contribution in [-0.2, 0) is 11.3 Å². The highest BCUT2D eigenvalue weighted by Gasteiger charge is 2.43. The monoisotopic (exact) mass is 294 g/mol. The molecule has 2 fully saturated rings. The van der Waals surface area contributed by atoms with Gasteiger partial charge in [-0.15, -0.1) is 0 Å². The Bertz CT molecular complexity index is 572. The summed E-state index contributed by atoms with van der Waals surface area (Å²) in [4.78, 5) is 27.2. The van der Waals surface area contributed by atoms with E-state index in [1.807, 2.05) is 0 Å². The smallest absolute Gasteiger partial charge is 0.327 e. The first-order valence-electron chi connectivity index (χ1n) is 6.53. The molecular formula is C14H15ClN2O3. The Balaban J connectivity index is 1.82. The summed E-state index contributed by atoms with van der Waals surface area (Å²) in [7, 11) is 1.55. The fourth-order valence-corrected chi connectivity index (χ4v) is 2.62. The molecule has 1 aromatic carbocycles. The molecule has 0 spiro atoms. The molecule has 106 valence electrons. The van der Waals surface area contributed by atoms with Crippen LogP contribution in [0, 0.1) is 0 Å². The zero-order valence-corrected chi connectivity index (χ0v) is 11.9. The lowest BCUT2D eigenvalue weighted by atomic mass is 10.2. The van der Waals surface area contributed by atoms with Crippen LogP contribution in [0.25, 0.3) is 0 Å². The number of benzene rings is 1. The molecule has 6 heteroatoms. The minimum atomic E-state index is -0.209. The molecule has 1 saturated carbocycles. The molecule has 2 aliphatic rings. The summed E-state index contributed by atoms with van der Waals surface area (Å²) in [6.45, 7) is 0.386. The van der Waals surface area contributed by atoms with Crippen LogP contribution in [0.15, 0.2) is 18.2 Å². The van der Waals surface area contributed by atoms with Crippen LogP contribution < -0.4 is 4.74 Å². The highest BCUT2D eigenvalue weighted by atomic mass is 35.5. The van der Waals surface area contributed by atoms with Crippen LogP contribution in [0.5, 0.6) is 5.75 Å². The zero-order chi connectivity index (χ0) is 14.3. The van der Waals surface area contributed by atoms with Crippen molar-refractivity contribution in [3.8, 4) is 5.75 Å². The highest BCUT2D eigenvalue weighted by molar-refractivity contribution is 6.30. The topological polar surface area (TPSA) is 49.9 Å². The van der Waals surface area contributed by atoms with Gasteiger partial charge in [-0.25, -0.2) is 4.79 Å². The van der Waals surface area contributed by atoms with E-state index < -0.39 is 0 Å². The molecule has 1 heterocycles. The van der Waals surface area contributed by atoms with Crippen molar-refractivity contribution >= 4 is 23.5 Å². The average molecular weight is 295 g/mol. The second kappa shape index (κ2) is 4.98. The quantitative estimate of drug-likeness (QED) is 0.801. The third-order valence-corrected chi connectivity index (χ3v) is 3.88. The Hall–Kier alpha value is -1.75. The molecule has 5 nitrogen and oxygen atoms in total. The van der Waals surface area contributed by atoms with Crippen molar-refractivity contribution in [2.75, 3.05) is 13.7 Å². The first-order valence-corrected chi connectivity index (χ1v) is 6.91. The molecule has 1 aliphatic carbocycles. The maximum atomic E-state index is 12.2. The Morgan fingerprint density at radius 1 is 1.35 bits per heavy atom. The number of ether oxygens (including phenoxy) is 1. The molecule has 0 N–H and O–H groups in total. The van der Waals surface area contributed by atoms with Crippen molar-refractivity contribution in [1.82, 2.24) is 9.80 Å². The first-order chi connectivity index (χ1) is 9.60. The average Bonchev–Trinajstić information content (AvgIpc) is 3.22. The van der Waals surface area contributed by atoms with Crippen molar-refractivity contribution in [3.05, 3.63) is 28.8 Å². The van der Waals surface area contributed by atoms with Gasteiger partial charge in [0, 0.05) is 16.6 Å². The maximum absolute atomic E-state index is 12.2. The largest absolute Gasteiger partial charge is 0.496 e. The van der Waals surface area contributed by atoms with E-state index in [0.717, 1.165) is 18.4 Å². The molecule has 1 saturated heterocycles. The predicted octanol–water partition coefficient (Wildman–Crippen LogP) is 2.28. The van der Waals surface area contributed by atoms with Gasteiger partial charge in [0.05, 0.1) is 13.7 Å². The van der Waals surface area contributed by atoms with Gasteiger partial charge >= 0.3 is 6.03 Å². The van der Waals surface area contributed by atoms with Gasteiger partial charge in [-0.2, -0.15) is 0 Å². The first kappa shape index (κ1) is 13.2. The van der Waals surface area contributed by atoms with Crippen molar-refractivity contribution in [3.63, 3.8) is 0 Å². The standard InChI is InChI=1S/C14H15ClN2O3/c1-20-12-5-2-10(15)6-9(12)7-17-13(18)8-16(14(17)19)11-3-4-11/h2,5-6,11H,3-4,7-8H2,1H3. The van der Waals surface area contributed by atoms with Crippen molar-refractivity contribution in [2.45, 2.75) is 25.4 Å². The number of rotatable bonds is 4. The third-order valence-electron chi connectivity index (χ3n) is 3.64. The van der Waals surface area contributed by atoms with E-state index in [9.17, 15) is 9.59 Å². The van der Waals surface area contributed by atoms with Gasteiger partial charge < -0.3 is 9.64 Å². The fourth-order valence-electron chi connectivity index (χ4n) is 2.43. The Morgan fingerprint density at radius 3 is 2.75 bits per heavy atom. The lowest BCUT2D eigenvalue weighted by Crippen LogP contribution is -2.33. The van der Waals surface area contributed by atoms with E-state index >= 15 is 0 Å². The molecule has 20 heavy (non-hydrogen) atoms. The number of hydrogen-bond donors (Lipinski definition) is 0. The summed E-state index contributed by atoms with van der Waals surface area (Å²) in [6.07, 6.45) is 1.99. The zero-order valence-electron chi connectivity index (χ0n) is 11.1. The lowest BCUT2D eigenvalue weighted by molar-refractivity contribution is -0.125. The van der Waals surface area contributed by atoms with Crippen LogP contribution in [0.2, 0.25) is 5.02 Å². The Morgan fingerprint density at radius 2 is 2.10 bits per heavy atom. The van der Waals surface area contributed by atoms with E-state index in [-0.39, 0.29) is 31.1 Å². The SMILES string of the molecule is COc1ccc(Cl)cc1CN1C(=O)CN(C2CC2)C1=O. The molecule has 0 bridgehead atoms. The predicted molar refractivity (Wildman–Crippen MR) is 73.7 cm³/mol. The number of hydrogen-bond acceptors (Lipinski definition) is 3. The van der Waals surface area contributed by atoms with Crippen molar-refractivity contribution in [2.24, 2.45) is 0 Å². The van der Waals surface area contributed by atoms with E-state index in [4.69, 9.17) is 16.3 Å². The number of halogens is 1. The molecule has 1 aliphatic heterocycles. The molecule has 3 rings (SSSR count). The Kier molecular flexibility index (Phi) is 3.30. The highest BCUT2D eigenvalue weighted by Crippen LogP contribution is 2.32. The van der Waals surface area contributed by atoms with Gasteiger partial charge in [-0.05, 0) is 31.0 Å². The molecule has 0 radical (unpaired) electrons. The summed E-state index contributed by atoms with van der Waals surface area (Å²) in [5.41, 5.74) is 0.736. The number of carbonyl (C=O) groups is 2. The number of imide groups is 1. The number of carbonyl (C=O) groups excluding carboxylic acids is 2. The summed E-state index contributed by atoms with van der Waals surface area (Å²) < 4.78 is 5.25. The van der Waals surface area contributed by atoms with E-state index in [1.54, 1.807) is 30.2 Å². The van der Waals surface area contributed by atoms with E-state index in [0.29, 0.717) is 10.8 Å². The number of nitrogens with zero attached hydrogens (tertiary/aromatic N) is 2. The summed E-state index contributed by atoms with van der Waals surface area (Å²) in [5, 5.41) is 0.555. The number of amides is 3. The minimum absolute atomic E-state index is 0.163. The number of methoxy groups -OCH3 is 1. The number of urea groups is 1. The molecule has 0 atom stereocenters. The normalized spacial score (nSPS) is 18.9. The van der Waals surface area contributed by atoms with Gasteiger partial charge in [-0.3, -0.25) is 9.69 Å². The van der Waals surface area contributed by atoms with Gasteiger partial charge in [0.15, 0.2) is 0 Å². The van der Waals surface area contributed by atoms with Crippen molar-refractivity contribution in [1.29, 1.82) is 0 Å². The van der Waals surface area contributed by atoms with Gasteiger partial charge in [0.2, 0.25) is 0 Å². The van der Waals surface area contributed by atoms with E-state index in [2.05, 4.69) is 0 Å². The Labute approximate surface area is 122 Å². The third kappa shape index (κ3) is 2.33. The van der Waals surface area contributed by atoms with Crippen LogP contribution >= 0.6 is 11.6 Å². The second-order valence-corrected chi connectivity index (χ2v) is 5.51. The van der Waals surface area contributed by atoms with E-state index in [1.165, 1.54) is 4.90 Å².